The van der Waals surface area contributed by atoms with Crippen molar-refractivity contribution in [2.45, 2.75) is 33.3 Å². The minimum atomic E-state index is -0.609. The molecule has 7 heteroatoms. The zero-order valence-electron chi connectivity index (χ0n) is 16.0. The van der Waals surface area contributed by atoms with Crippen LogP contribution >= 0.6 is 11.6 Å². The third-order valence-corrected chi connectivity index (χ3v) is 3.91. The number of aryl methyl sites for hydroxylation is 1. The Kier molecular flexibility index (Phi) is 6.33. The second-order valence-electron chi connectivity index (χ2n) is 6.96. The van der Waals surface area contributed by atoms with Crippen LogP contribution in [0.3, 0.4) is 0 Å². The molecule has 144 valence electrons. The second kappa shape index (κ2) is 8.31. The monoisotopic (exact) mass is 390 g/mol. The van der Waals surface area contributed by atoms with Crippen molar-refractivity contribution in [3.8, 4) is 5.75 Å². The van der Waals surface area contributed by atoms with Crippen LogP contribution in [-0.4, -0.2) is 24.7 Å². The Morgan fingerprint density at radius 1 is 1.07 bits per heavy atom. The van der Waals surface area contributed by atoms with E-state index >= 15 is 0 Å². The largest absolute Gasteiger partial charge is 0.495 e. The third kappa shape index (κ3) is 5.89. The fraction of sp³-hybridized carbons (Fsp3) is 0.300. The number of halogens is 1. The average molecular weight is 391 g/mol. The summed E-state index contributed by atoms with van der Waals surface area (Å²) in [7, 11) is 1.50. The molecule has 0 spiro atoms. The number of anilines is 2. The zero-order valence-corrected chi connectivity index (χ0v) is 16.7. The summed E-state index contributed by atoms with van der Waals surface area (Å²) in [5.74, 6) is 0.116. The fourth-order valence-electron chi connectivity index (χ4n) is 2.28. The lowest BCUT2D eigenvalue weighted by Gasteiger charge is -2.19. The van der Waals surface area contributed by atoms with E-state index in [9.17, 15) is 9.59 Å². The lowest BCUT2D eigenvalue weighted by Crippen LogP contribution is -2.27. The number of hydrogen-bond donors (Lipinski definition) is 2. The maximum absolute atomic E-state index is 12.6. The van der Waals surface area contributed by atoms with Gasteiger partial charge in [0.05, 0.1) is 12.8 Å². The average Bonchev–Trinajstić information content (AvgIpc) is 2.56. The van der Waals surface area contributed by atoms with Gasteiger partial charge in [0.25, 0.3) is 5.91 Å². The number of rotatable bonds is 4. The molecule has 0 heterocycles. The van der Waals surface area contributed by atoms with Crippen molar-refractivity contribution in [3.05, 3.63) is 52.5 Å². The summed E-state index contributed by atoms with van der Waals surface area (Å²) in [4.78, 5) is 24.5. The SMILES string of the molecule is COc1cc(Cl)c(C)cc1NC(=O)c1cccc(NC(=O)OC(C)(C)C)c1. The first-order chi connectivity index (χ1) is 12.6. The van der Waals surface area contributed by atoms with Crippen LogP contribution in [-0.2, 0) is 4.74 Å². The van der Waals surface area contributed by atoms with Gasteiger partial charge in [0, 0.05) is 22.3 Å². The number of carbonyl (C=O) groups excluding carboxylic acids is 2. The van der Waals surface area contributed by atoms with Crippen molar-refractivity contribution in [3.63, 3.8) is 0 Å². The van der Waals surface area contributed by atoms with Gasteiger partial charge in [0.15, 0.2) is 0 Å². The van der Waals surface area contributed by atoms with Crippen LogP contribution in [0.5, 0.6) is 5.75 Å². The number of hydrogen-bond acceptors (Lipinski definition) is 4. The van der Waals surface area contributed by atoms with Crippen LogP contribution in [0, 0.1) is 6.92 Å². The Morgan fingerprint density at radius 2 is 1.78 bits per heavy atom. The van der Waals surface area contributed by atoms with Gasteiger partial charge in [-0.2, -0.15) is 0 Å². The highest BCUT2D eigenvalue weighted by molar-refractivity contribution is 6.31. The summed E-state index contributed by atoms with van der Waals surface area (Å²) >= 11 is 6.09. The fourth-order valence-corrected chi connectivity index (χ4v) is 2.44. The van der Waals surface area contributed by atoms with E-state index in [0.29, 0.717) is 27.7 Å². The molecular weight excluding hydrogens is 368 g/mol. The van der Waals surface area contributed by atoms with E-state index in [-0.39, 0.29) is 5.91 Å². The maximum Gasteiger partial charge on any atom is 0.412 e. The first kappa shape index (κ1) is 20.6. The highest BCUT2D eigenvalue weighted by atomic mass is 35.5. The first-order valence-corrected chi connectivity index (χ1v) is 8.72. The highest BCUT2D eigenvalue weighted by Gasteiger charge is 2.17. The van der Waals surface area contributed by atoms with Crippen molar-refractivity contribution < 1.29 is 19.1 Å². The molecule has 0 saturated heterocycles. The number of benzene rings is 2. The third-order valence-electron chi connectivity index (χ3n) is 3.50. The molecule has 0 fully saturated rings. The topological polar surface area (TPSA) is 76.7 Å². The van der Waals surface area contributed by atoms with Crippen LogP contribution in [0.4, 0.5) is 16.2 Å². The van der Waals surface area contributed by atoms with Gasteiger partial charge in [-0.05, 0) is 57.5 Å². The molecule has 2 rings (SSSR count). The second-order valence-corrected chi connectivity index (χ2v) is 7.37. The van der Waals surface area contributed by atoms with Gasteiger partial charge in [-0.25, -0.2) is 4.79 Å². The Labute approximate surface area is 163 Å². The van der Waals surface area contributed by atoms with Crippen molar-refractivity contribution in [2.24, 2.45) is 0 Å². The molecule has 0 saturated carbocycles. The van der Waals surface area contributed by atoms with Crippen LogP contribution < -0.4 is 15.4 Å². The Hall–Kier alpha value is -2.73. The molecule has 27 heavy (non-hydrogen) atoms. The summed E-state index contributed by atoms with van der Waals surface area (Å²) in [5, 5.41) is 5.96. The molecular formula is C20H23ClN2O4. The number of amides is 2. The molecule has 2 aromatic carbocycles. The van der Waals surface area contributed by atoms with Gasteiger partial charge in [-0.15, -0.1) is 0 Å². The lowest BCUT2D eigenvalue weighted by molar-refractivity contribution is 0.0635. The van der Waals surface area contributed by atoms with Gasteiger partial charge in [0.2, 0.25) is 0 Å². The molecule has 2 N–H and O–H groups in total. The molecule has 0 radical (unpaired) electrons. The van der Waals surface area contributed by atoms with E-state index in [2.05, 4.69) is 10.6 Å². The molecule has 0 aliphatic carbocycles. The summed E-state index contributed by atoms with van der Waals surface area (Å²) in [6.07, 6.45) is -0.588. The molecule has 0 aliphatic heterocycles. The molecule has 0 atom stereocenters. The molecule has 0 unspecified atom stereocenters. The van der Waals surface area contributed by atoms with E-state index in [1.165, 1.54) is 7.11 Å². The maximum atomic E-state index is 12.6. The quantitative estimate of drug-likeness (QED) is 0.746. The van der Waals surface area contributed by atoms with Crippen molar-refractivity contribution in [1.82, 2.24) is 0 Å². The number of methoxy groups -OCH3 is 1. The summed E-state index contributed by atoms with van der Waals surface area (Å²) in [6, 6.07) is 9.94. The molecule has 6 nitrogen and oxygen atoms in total. The van der Waals surface area contributed by atoms with Gasteiger partial charge < -0.3 is 14.8 Å². The Balaban J connectivity index is 2.16. The van der Waals surface area contributed by atoms with Gasteiger partial charge in [-0.1, -0.05) is 17.7 Å². The lowest BCUT2D eigenvalue weighted by atomic mass is 10.1. The summed E-state index contributed by atoms with van der Waals surface area (Å²) < 4.78 is 10.5. The minimum Gasteiger partial charge on any atom is -0.495 e. The standard InChI is InChI=1S/C20H23ClN2O4/c1-12-9-16(17(26-5)11-15(12)21)23-18(24)13-7-6-8-14(10-13)22-19(25)27-20(2,3)4/h6-11H,1-5H3,(H,22,25)(H,23,24). The molecule has 2 amide bonds. The van der Waals surface area contributed by atoms with Gasteiger partial charge in [-0.3, -0.25) is 10.1 Å². The smallest absolute Gasteiger partial charge is 0.412 e. The van der Waals surface area contributed by atoms with E-state index in [1.807, 2.05) is 6.92 Å². The predicted octanol–water partition coefficient (Wildman–Crippen LogP) is 5.26. The molecule has 2 aromatic rings. The van der Waals surface area contributed by atoms with E-state index in [0.717, 1.165) is 5.56 Å². The van der Waals surface area contributed by atoms with Gasteiger partial charge >= 0.3 is 6.09 Å². The highest BCUT2D eigenvalue weighted by Crippen LogP contribution is 2.31. The molecule has 0 bridgehead atoms. The van der Waals surface area contributed by atoms with E-state index in [1.54, 1.807) is 57.2 Å². The molecule has 0 aliphatic rings. The van der Waals surface area contributed by atoms with Crippen molar-refractivity contribution in [1.29, 1.82) is 0 Å². The van der Waals surface area contributed by atoms with Crippen molar-refractivity contribution in [2.75, 3.05) is 17.7 Å². The van der Waals surface area contributed by atoms with Crippen LogP contribution in [0.25, 0.3) is 0 Å². The predicted molar refractivity (Wildman–Crippen MR) is 107 cm³/mol. The van der Waals surface area contributed by atoms with E-state index in [4.69, 9.17) is 21.1 Å². The normalized spacial score (nSPS) is 10.9. The first-order valence-electron chi connectivity index (χ1n) is 8.34. The van der Waals surface area contributed by atoms with E-state index < -0.39 is 11.7 Å². The number of nitrogens with one attached hydrogen (secondary N) is 2. The Bertz CT molecular complexity index is 860. The molecule has 0 aromatic heterocycles. The van der Waals surface area contributed by atoms with Gasteiger partial charge in [0.1, 0.15) is 11.4 Å². The summed E-state index contributed by atoms with van der Waals surface area (Å²) in [5.41, 5.74) is 1.54. The summed E-state index contributed by atoms with van der Waals surface area (Å²) in [6.45, 7) is 7.16. The van der Waals surface area contributed by atoms with Crippen LogP contribution in [0.2, 0.25) is 5.02 Å². The number of ether oxygens (including phenoxy) is 2. The van der Waals surface area contributed by atoms with Crippen molar-refractivity contribution >= 4 is 35.0 Å². The van der Waals surface area contributed by atoms with Crippen LogP contribution in [0.1, 0.15) is 36.7 Å². The Morgan fingerprint density at radius 3 is 2.41 bits per heavy atom. The number of carbonyl (C=O) groups is 2. The minimum absolute atomic E-state index is 0.345. The van der Waals surface area contributed by atoms with Crippen LogP contribution in [0.15, 0.2) is 36.4 Å². The zero-order chi connectivity index (χ0) is 20.2.